The Hall–Kier alpha value is -1.26. The molecular formula is C13H22N2O2. The molecule has 2 unspecified atom stereocenters. The summed E-state index contributed by atoms with van der Waals surface area (Å²) in [5, 5.41) is 3.28. The number of nitrogens with one attached hydrogen (secondary N) is 1. The van der Waals surface area contributed by atoms with Crippen molar-refractivity contribution in [1.29, 1.82) is 0 Å². The van der Waals surface area contributed by atoms with Gasteiger partial charge in [-0.25, -0.2) is 0 Å². The summed E-state index contributed by atoms with van der Waals surface area (Å²) in [5.41, 5.74) is 6.81. The molecular weight excluding hydrogens is 216 g/mol. The van der Waals surface area contributed by atoms with Crippen molar-refractivity contribution in [3.8, 4) is 11.5 Å². The highest BCUT2D eigenvalue weighted by Gasteiger charge is 2.20. The van der Waals surface area contributed by atoms with Gasteiger partial charge in [-0.15, -0.1) is 0 Å². The van der Waals surface area contributed by atoms with E-state index in [-0.39, 0.29) is 6.04 Å². The molecule has 1 aromatic carbocycles. The van der Waals surface area contributed by atoms with Crippen LogP contribution in [0.1, 0.15) is 18.5 Å². The smallest absolute Gasteiger partial charge is 0.123 e. The van der Waals surface area contributed by atoms with Gasteiger partial charge in [0.25, 0.3) is 0 Å². The van der Waals surface area contributed by atoms with Gasteiger partial charge in [0, 0.05) is 11.6 Å². The summed E-state index contributed by atoms with van der Waals surface area (Å²) in [7, 11) is 5.26. The second-order valence-corrected chi connectivity index (χ2v) is 4.09. The van der Waals surface area contributed by atoms with Crippen molar-refractivity contribution in [2.45, 2.75) is 13.0 Å². The summed E-state index contributed by atoms with van der Waals surface area (Å²) >= 11 is 0. The largest absolute Gasteiger partial charge is 0.497 e. The highest BCUT2D eigenvalue weighted by atomic mass is 16.5. The first-order valence-corrected chi connectivity index (χ1v) is 5.77. The van der Waals surface area contributed by atoms with Gasteiger partial charge in [-0.2, -0.15) is 0 Å². The van der Waals surface area contributed by atoms with Crippen molar-refractivity contribution in [2.75, 3.05) is 27.8 Å². The first-order valence-electron chi connectivity index (χ1n) is 5.77. The quantitative estimate of drug-likeness (QED) is 0.789. The number of methoxy groups -OCH3 is 2. The lowest BCUT2D eigenvalue weighted by molar-refractivity contribution is 0.367. The van der Waals surface area contributed by atoms with E-state index >= 15 is 0 Å². The van der Waals surface area contributed by atoms with Crippen LogP contribution < -0.4 is 20.5 Å². The minimum atomic E-state index is 0.157. The van der Waals surface area contributed by atoms with Crippen LogP contribution >= 0.6 is 0 Å². The van der Waals surface area contributed by atoms with Gasteiger partial charge in [-0.1, -0.05) is 6.92 Å². The zero-order valence-corrected chi connectivity index (χ0v) is 11.0. The molecule has 0 spiro atoms. The molecule has 2 atom stereocenters. The van der Waals surface area contributed by atoms with Gasteiger partial charge in [-0.05, 0) is 37.7 Å². The Bertz CT molecular complexity index is 355. The molecule has 4 heteroatoms. The minimum Gasteiger partial charge on any atom is -0.497 e. The van der Waals surface area contributed by atoms with Crippen LogP contribution in [-0.4, -0.2) is 27.8 Å². The highest BCUT2D eigenvalue weighted by Crippen LogP contribution is 2.32. The predicted octanol–water partition coefficient (Wildman–Crippen LogP) is 1.56. The molecule has 0 saturated heterocycles. The molecule has 17 heavy (non-hydrogen) atoms. The van der Waals surface area contributed by atoms with E-state index in [2.05, 4.69) is 12.2 Å². The minimum absolute atomic E-state index is 0.157. The number of ether oxygens (including phenoxy) is 2. The topological polar surface area (TPSA) is 56.5 Å². The summed E-state index contributed by atoms with van der Waals surface area (Å²) < 4.78 is 10.6. The van der Waals surface area contributed by atoms with Gasteiger partial charge in [-0.3, -0.25) is 0 Å². The third kappa shape index (κ3) is 3.11. The predicted molar refractivity (Wildman–Crippen MR) is 69.6 cm³/mol. The maximum absolute atomic E-state index is 5.74. The lowest BCUT2D eigenvalue weighted by Crippen LogP contribution is -2.28. The molecule has 0 aliphatic heterocycles. The molecule has 3 N–H and O–H groups in total. The number of benzene rings is 1. The Morgan fingerprint density at radius 2 is 2.00 bits per heavy atom. The lowest BCUT2D eigenvalue weighted by Gasteiger charge is -2.25. The molecule has 0 saturated carbocycles. The van der Waals surface area contributed by atoms with Crippen LogP contribution in [0.25, 0.3) is 0 Å². The van der Waals surface area contributed by atoms with Crippen LogP contribution in [0.5, 0.6) is 11.5 Å². The molecule has 0 aliphatic carbocycles. The molecule has 0 aliphatic rings. The van der Waals surface area contributed by atoms with E-state index in [0.29, 0.717) is 12.5 Å². The highest BCUT2D eigenvalue weighted by molar-refractivity contribution is 5.42. The van der Waals surface area contributed by atoms with Gasteiger partial charge in [0.1, 0.15) is 11.5 Å². The van der Waals surface area contributed by atoms with Gasteiger partial charge >= 0.3 is 0 Å². The Morgan fingerprint density at radius 1 is 1.29 bits per heavy atom. The molecule has 0 amide bonds. The van der Waals surface area contributed by atoms with Crippen molar-refractivity contribution >= 4 is 0 Å². The summed E-state index contributed by atoms with van der Waals surface area (Å²) in [6.45, 7) is 2.73. The van der Waals surface area contributed by atoms with E-state index in [4.69, 9.17) is 15.2 Å². The van der Waals surface area contributed by atoms with Gasteiger partial charge in [0.05, 0.1) is 14.2 Å². The van der Waals surface area contributed by atoms with Crippen molar-refractivity contribution < 1.29 is 9.47 Å². The van der Waals surface area contributed by atoms with Crippen LogP contribution in [0.2, 0.25) is 0 Å². The standard InChI is InChI=1S/C13H22N2O2/c1-9(8-14)13(15-2)11-7-10(16-3)5-6-12(11)17-4/h5-7,9,13,15H,8,14H2,1-4H3. The molecule has 1 rings (SSSR count). The summed E-state index contributed by atoms with van der Waals surface area (Å²) in [5.74, 6) is 2.00. The summed E-state index contributed by atoms with van der Waals surface area (Å²) in [6, 6.07) is 5.96. The van der Waals surface area contributed by atoms with Gasteiger partial charge in [0.15, 0.2) is 0 Å². The Labute approximate surface area is 103 Å². The summed E-state index contributed by atoms with van der Waals surface area (Å²) in [4.78, 5) is 0. The Kier molecular flexibility index (Phi) is 5.25. The van der Waals surface area contributed by atoms with Gasteiger partial charge in [0.2, 0.25) is 0 Å². The number of hydrogen-bond acceptors (Lipinski definition) is 4. The van der Waals surface area contributed by atoms with Crippen molar-refractivity contribution in [3.63, 3.8) is 0 Å². The molecule has 0 fully saturated rings. The van der Waals surface area contributed by atoms with Crippen LogP contribution in [0.4, 0.5) is 0 Å². The monoisotopic (exact) mass is 238 g/mol. The first kappa shape index (κ1) is 13.8. The molecule has 96 valence electrons. The maximum atomic E-state index is 5.74. The zero-order valence-electron chi connectivity index (χ0n) is 11.0. The van der Waals surface area contributed by atoms with E-state index in [9.17, 15) is 0 Å². The third-order valence-electron chi connectivity index (χ3n) is 3.02. The first-order chi connectivity index (χ1) is 8.17. The number of rotatable bonds is 6. The van der Waals surface area contributed by atoms with Crippen LogP contribution in [0, 0.1) is 5.92 Å². The summed E-state index contributed by atoms with van der Waals surface area (Å²) in [6.07, 6.45) is 0. The van der Waals surface area contributed by atoms with E-state index in [1.54, 1.807) is 14.2 Å². The Balaban J connectivity index is 3.14. The van der Waals surface area contributed by atoms with E-state index in [1.807, 2.05) is 25.2 Å². The van der Waals surface area contributed by atoms with Crippen molar-refractivity contribution in [2.24, 2.45) is 11.7 Å². The third-order valence-corrected chi connectivity index (χ3v) is 3.02. The van der Waals surface area contributed by atoms with E-state index in [0.717, 1.165) is 17.1 Å². The maximum Gasteiger partial charge on any atom is 0.123 e. The number of nitrogens with two attached hydrogens (primary N) is 1. The molecule has 0 aromatic heterocycles. The van der Waals surface area contributed by atoms with E-state index in [1.165, 1.54) is 0 Å². The average molecular weight is 238 g/mol. The van der Waals surface area contributed by atoms with Crippen LogP contribution in [0.15, 0.2) is 18.2 Å². The molecule has 4 nitrogen and oxygen atoms in total. The van der Waals surface area contributed by atoms with Gasteiger partial charge < -0.3 is 20.5 Å². The number of hydrogen-bond donors (Lipinski definition) is 2. The normalized spacial score (nSPS) is 14.2. The van der Waals surface area contributed by atoms with Crippen molar-refractivity contribution in [1.82, 2.24) is 5.32 Å². The zero-order chi connectivity index (χ0) is 12.8. The van der Waals surface area contributed by atoms with Crippen LogP contribution in [-0.2, 0) is 0 Å². The second kappa shape index (κ2) is 6.47. The van der Waals surface area contributed by atoms with E-state index < -0.39 is 0 Å². The fourth-order valence-corrected chi connectivity index (χ4v) is 1.97. The van der Waals surface area contributed by atoms with Crippen molar-refractivity contribution in [3.05, 3.63) is 23.8 Å². The Morgan fingerprint density at radius 3 is 2.47 bits per heavy atom. The SMILES string of the molecule is CNC(c1cc(OC)ccc1OC)C(C)CN. The van der Waals surface area contributed by atoms with Crippen LogP contribution in [0.3, 0.4) is 0 Å². The average Bonchev–Trinajstić information content (AvgIpc) is 2.39. The molecule has 0 heterocycles. The lowest BCUT2D eigenvalue weighted by atomic mass is 9.94. The molecule has 0 bridgehead atoms. The molecule has 1 aromatic rings. The fourth-order valence-electron chi connectivity index (χ4n) is 1.97. The second-order valence-electron chi connectivity index (χ2n) is 4.09. The molecule has 0 radical (unpaired) electrons. The fraction of sp³-hybridized carbons (Fsp3) is 0.538.